The van der Waals surface area contributed by atoms with Crippen molar-refractivity contribution in [1.82, 2.24) is 19.1 Å². The van der Waals surface area contributed by atoms with Gasteiger partial charge in [0.15, 0.2) is 11.2 Å². The van der Waals surface area contributed by atoms with Crippen LogP contribution in [0, 0.1) is 23.2 Å². The van der Waals surface area contributed by atoms with Crippen LogP contribution in [0.5, 0.6) is 0 Å². The molecule has 1 atom stereocenters. The van der Waals surface area contributed by atoms with Gasteiger partial charge in [0.1, 0.15) is 6.07 Å². The van der Waals surface area contributed by atoms with Gasteiger partial charge in [-0.1, -0.05) is 5.92 Å². The summed E-state index contributed by atoms with van der Waals surface area (Å²) in [4.78, 5) is 23.3. The van der Waals surface area contributed by atoms with Crippen molar-refractivity contribution in [2.45, 2.75) is 25.9 Å². The van der Waals surface area contributed by atoms with Crippen molar-refractivity contribution in [3.63, 3.8) is 0 Å². The van der Waals surface area contributed by atoms with Gasteiger partial charge in [0.05, 0.1) is 6.54 Å². The van der Waals surface area contributed by atoms with E-state index < -0.39 is 0 Å². The molecule has 1 aliphatic rings. The first kappa shape index (κ1) is 17.8. The molecule has 0 bridgehead atoms. The second kappa shape index (κ2) is 6.91. The van der Waals surface area contributed by atoms with E-state index >= 15 is 0 Å². The SMILES string of the molecule is CC#CCn1c(N2CCC(N)C2)nc2nc(C#N)n(C)c(=O)c21.Cl. The lowest BCUT2D eigenvalue weighted by Crippen LogP contribution is -2.29. The number of nitrogens with zero attached hydrogens (tertiary/aromatic N) is 6. The Labute approximate surface area is 145 Å². The average Bonchev–Trinajstić information content (AvgIpc) is 3.12. The van der Waals surface area contributed by atoms with E-state index in [4.69, 9.17) is 11.0 Å². The van der Waals surface area contributed by atoms with Crippen LogP contribution in [0.25, 0.3) is 11.2 Å². The molecule has 3 rings (SSSR count). The largest absolute Gasteiger partial charge is 0.341 e. The van der Waals surface area contributed by atoms with Gasteiger partial charge in [0.2, 0.25) is 11.8 Å². The van der Waals surface area contributed by atoms with Crippen molar-refractivity contribution in [3.05, 3.63) is 16.2 Å². The second-order valence-electron chi connectivity index (χ2n) is 5.50. The van der Waals surface area contributed by atoms with Crippen LogP contribution in [0.3, 0.4) is 0 Å². The number of fused-ring (bicyclic) bond motifs is 1. The fourth-order valence-corrected chi connectivity index (χ4v) is 2.77. The van der Waals surface area contributed by atoms with Crippen molar-refractivity contribution in [1.29, 1.82) is 5.26 Å². The summed E-state index contributed by atoms with van der Waals surface area (Å²) in [5.74, 6) is 6.47. The Bertz CT molecular complexity index is 928. The number of hydrogen-bond acceptors (Lipinski definition) is 6. The number of aromatic nitrogens is 4. The lowest BCUT2D eigenvalue weighted by atomic mass is 10.3. The molecule has 0 spiro atoms. The van der Waals surface area contributed by atoms with Crippen LogP contribution in [0.4, 0.5) is 5.95 Å². The molecule has 24 heavy (non-hydrogen) atoms. The minimum absolute atomic E-state index is 0. The van der Waals surface area contributed by atoms with E-state index in [1.165, 1.54) is 11.6 Å². The van der Waals surface area contributed by atoms with E-state index in [0.717, 1.165) is 13.0 Å². The van der Waals surface area contributed by atoms with Gasteiger partial charge in [0.25, 0.3) is 5.56 Å². The van der Waals surface area contributed by atoms with Gasteiger partial charge in [0, 0.05) is 26.2 Å². The quantitative estimate of drug-likeness (QED) is 0.765. The monoisotopic (exact) mass is 347 g/mol. The van der Waals surface area contributed by atoms with Crippen molar-refractivity contribution in [2.24, 2.45) is 12.8 Å². The molecule has 1 saturated heterocycles. The summed E-state index contributed by atoms with van der Waals surface area (Å²) < 4.78 is 3.00. The molecular formula is C15H18ClN7O. The zero-order chi connectivity index (χ0) is 16.6. The summed E-state index contributed by atoms with van der Waals surface area (Å²) in [6, 6.07) is 2.01. The molecule has 0 amide bonds. The molecule has 1 unspecified atom stereocenters. The van der Waals surface area contributed by atoms with Crippen molar-refractivity contribution in [3.8, 4) is 17.9 Å². The molecule has 126 valence electrons. The fourth-order valence-electron chi connectivity index (χ4n) is 2.77. The number of anilines is 1. The van der Waals surface area contributed by atoms with Gasteiger partial charge in [-0.3, -0.25) is 13.9 Å². The highest BCUT2D eigenvalue weighted by molar-refractivity contribution is 5.85. The number of halogens is 1. The number of hydrogen-bond donors (Lipinski definition) is 1. The number of nitrogens with two attached hydrogens (primary N) is 1. The molecule has 8 nitrogen and oxygen atoms in total. The van der Waals surface area contributed by atoms with Gasteiger partial charge in [-0.2, -0.15) is 15.2 Å². The highest BCUT2D eigenvalue weighted by atomic mass is 35.5. The van der Waals surface area contributed by atoms with E-state index in [1.54, 1.807) is 11.5 Å². The van der Waals surface area contributed by atoms with Crippen LogP contribution in [-0.4, -0.2) is 38.2 Å². The predicted molar refractivity (Wildman–Crippen MR) is 93.0 cm³/mol. The van der Waals surface area contributed by atoms with Crippen LogP contribution >= 0.6 is 12.4 Å². The van der Waals surface area contributed by atoms with Gasteiger partial charge < -0.3 is 10.6 Å². The van der Waals surface area contributed by atoms with Crippen molar-refractivity contribution in [2.75, 3.05) is 18.0 Å². The average molecular weight is 348 g/mol. The molecule has 0 saturated carbocycles. The zero-order valence-corrected chi connectivity index (χ0v) is 14.3. The van der Waals surface area contributed by atoms with E-state index in [0.29, 0.717) is 24.6 Å². The molecule has 0 radical (unpaired) electrons. The maximum absolute atomic E-state index is 12.6. The lowest BCUT2D eigenvalue weighted by molar-refractivity contribution is 0.743. The van der Waals surface area contributed by atoms with Crippen LogP contribution in [0.1, 0.15) is 19.2 Å². The highest BCUT2D eigenvalue weighted by Crippen LogP contribution is 2.22. The Morgan fingerprint density at radius 3 is 2.75 bits per heavy atom. The van der Waals surface area contributed by atoms with Crippen LogP contribution in [0.15, 0.2) is 4.79 Å². The summed E-state index contributed by atoms with van der Waals surface area (Å²) in [6.07, 6.45) is 0.873. The molecule has 1 fully saturated rings. The molecule has 9 heteroatoms. The van der Waals surface area contributed by atoms with Gasteiger partial charge >= 0.3 is 0 Å². The Hall–Kier alpha value is -2.55. The highest BCUT2D eigenvalue weighted by Gasteiger charge is 2.26. The maximum Gasteiger partial charge on any atom is 0.280 e. The Kier molecular flexibility index (Phi) is 5.13. The van der Waals surface area contributed by atoms with E-state index in [1.807, 2.05) is 11.0 Å². The minimum atomic E-state index is -0.299. The summed E-state index contributed by atoms with van der Waals surface area (Å²) >= 11 is 0. The Morgan fingerprint density at radius 1 is 1.42 bits per heavy atom. The summed E-state index contributed by atoms with van der Waals surface area (Å²) in [6.45, 7) is 3.54. The van der Waals surface area contributed by atoms with E-state index in [2.05, 4.69) is 21.8 Å². The van der Waals surface area contributed by atoms with Crippen molar-refractivity contribution >= 4 is 29.5 Å². The normalized spacial score (nSPS) is 16.4. The topological polar surface area (TPSA) is 106 Å². The minimum Gasteiger partial charge on any atom is -0.341 e. The molecule has 2 N–H and O–H groups in total. The van der Waals surface area contributed by atoms with Gasteiger partial charge in [-0.15, -0.1) is 18.3 Å². The third kappa shape index (κ3) is 2.82. The number of nitriles is 1. The molecule has 0 aliphatic carbocycles. The molecular weight excluding hydrogens is 330 g/mol. The molecule has 2 aromatic rings. The molecule has 0 aromatic carbocycles. The van der Waals surface area contributed by atoms with Gasteiger partial charge in [-0.05, 0) is 13.3 Å². The predicted octanol–water partition coefficient (Wildman–Crippen LogP) is -0.0158. The van der Waals surface area contributed by atoms with Crippen LogP contribution < -0.4 is 16.2 Å². The standard InChI is InChI=1S/C15H17N7O.ClH/c1-3-4-6-22-12-13(18-11(8-16)20(2)14(12)23)19-15(22)21-7-5-10(17)9-21;/h10H,5-7,9,17H2,1-2H3;1H. The smallest absolute Gasteiger partial charge is 0.280 e. The first-order valence-corrected chi connectivity index (χ1v) is 7.34. The number of rotatable bonds is 2. The van der Waals surface area contributed by atoms with E-state index in [-0.39, 0.29) is 35.5 Å². The number of imidazole rings is 1. The summed E-state index contributed by atoms with van der Waals surface area (Å²) in [5.41, 5.74) is 6.32. The van der Waals surface area contributed by atoms with Gasteiger partial charge in [-0.25, -0.2) is 0 Å². The Morgan fingerprint density at radius 2 is 2.17 bits per heavy atom. The summed E-state index contributed by atoms with van der Waals surface area (Å²) in [5, 5.41) is 9.11. The first-order chi connectivity index (χ1) is 11.1. The summed E-state index contributed by atoms with van der Waals surface area (Å²) in [7, 11) is 1.53. The third-order valence-electron chi connectivity index (χ3n) is 3.99. The van der Waals surface area contributed by atoms with Crippen LogP contribution in [-0.2, 0) is 13.6 Å². The Balaban J connectivity index is 0.00000208. The van der Waals surface area contributed by atoms with Crippen molar-refractivity contribution < 1.29 is 0 Å². The maximum atomic E-state index is 12.6. The third-order valence-corrected chi connectivity index (χ3v) is 3.99. The first-order valence-electron chi connectivity index (χ1n) is 7.34. The van der Waals surface area contributed by atoms with E-state index in [9.17, 15) is 4.79 Å². The fraction of sp³-hybridized carbons (Fsp3) is 0.467. The molecule has 3 heterocycles. The van der Waals surface area contributed by atoms with Crippen LogP contribution in [0.2, 0.25) is 0 Å². The molecule has 2 aromatic heterocycles. The zero-order valence-electron chi connectivity index (χ0n) is 13.5. The molecule has 1 aliphatic heterocycles. The second-order valence-corrected chi connectivity index (χ2v) is 5.50. The lowest BCUT2D eigenvalue weighted by Gasteiger charge is -2.17.